The minimum atomic E-state index is -0.485. The maximum atomic E-state index is 12.1. The summed E-state index contributed by atoms with van der Waals surface area (Å²) < 4.78 is 21.3. The first-order chi connectivity index (χ1) is 12.1. The second-order valence-corrected chi connectivity index (χ2v) is 5.57. The molecule has 1 aliphatic rings. The molecule has 1 aliphatic heterocycles. The van der Waals surface area contributed by atoms with Crippen molar-refractivity contribution in [2.75, 3.05) is 28.4 Å². The molecule has 134 valence electrons. The number of H-pyrrole nitrogens is 1. The van der Waals surface area contributed by atoms with Crippen LogP contribution in [0, 0.1) is 0 Å². The average Bonchev–Trinajstić information content (AvgIpc) is 3.13. The predicted molar refractivity (Wildman–Crippen MR) is 89.2 cm³/mol. The van der Waals surface area contributed by atoms with Crippen LogP contribution in [0.15, 0.2) is 18.5 Å². The lowest BCUT2D eigenvalue weighted by atomic mass is 9.93. The first-order valence-corrected chi connectivity index (χ1v) is 7.79. The summed E-state index contributed by atoms with van der Waals surface area (Å²) in [5, 5.41) is 3.29. The summed E-state index contributed by atoms with van der Waals surface area (Å²) in [5.74, 6) is 1.25. The van der Waals surface area contributed by atoms with E-state index in [-0.39, 0.29) is 12.0 Å². The zero-order chi connectivity index (χ0) is 18.0. The number of ether oxygens (including phenoxy) is 4. The van der Waals surface area contributed by atoms with Gasteiger partial charge in [-0.05, 0) is 12.1 Å². The van der Waals surface area contributed by atoms with Gasteiger partial charge in [0.2, 0.25) is 5.75 Å². The largest absolute Gasteiger partial charge is 0.493 e. The SMILES string of the molecule is COC(=O)C1Cc2[nH]cnc2C(c2ccc(OC)c(OC)c2OC)N1. The van der Waals surface area contributed by atoms with Crippen LogP contribution in [0.25, 0.3) is 0 Å². The van der Waals surface area contributed by atoms with E-state index in [0.717, 1.165) is 17.0 Å². The van der Waals surface area contributed by atoms with Gasteiger partial charge in [-0.15, -0.1) is 0 Å². The van der Waals surface area contributed by atoms with Gasteiger partial charge in [-0.25, -0.2) is 4.98 Å². The van der Waals surface area contributed by atoms with Crippen molar-refractivity contribution in [2.24, 2.45) is 0 Å². The van der Waals surface area contributed by atoms with Gasteiger partial charge in [0, 0.05) is 17.7 Å². The maximum Gasteiger partial charge on any atom is 0.323 e. The molecule has 25 heavy (non-hydrogen) atoms. The average molecular weight is 347 g/mol. The van der Waals surface area contributed by atoms with Crippen molar-refractivity contribution in [1.29, 1.82) is 0 Å². The Morgan fingerprint density at radius 1 is 1.12 bits per heavy atom. The van der Waals surface area contributed by atoms with Crippen LogP contribution in [0.3, 0.4) is 0 Å². The lowest BCUT2D eigenvalue weighted by Crippen LogP contribution is -2.45. The number of hydrogen-bond acceptors (Lipinski definition) is 7. The highest BCUT2D eigenvalue weighted by Crippen LogP contribution is 2.44. The highest BCUT2D eigenvalue weighted by molar-refractivity contribution is 5.77. The van der Waals surface area contributed by atoms with Gasteiger partial charge in [-0.3, -0.25) is 10.1 Å². The molecule has 0 spiro atoms. The van der Waals surface area contributed by atoms with Crippen molar-refractivity contribution in [3.8, 4) is 17.2 Å². The van der Waals surface area contributed by atoms with Gasteiger partial charge in [0.15, 0.2) is 11.5 Å². The molecule has 0 saturated carbocycles. The molecular formula is C17H21N3O5. The molecular weight excluding hydrogens is 326 g/mol. The summed E-state index contributed by atoms with van der Waals surface area (Å²) in [7, 11) is 6.05. The molecule has 1 aromatic heterocycles. The van der Waals surface area contributed by atoms with Crippen LogP contribution in [0.4, 0.5) is 0 Å². The van der Waals surface area contributed by atoms with Crippen molar-refractivity contribution in [2.45, 2.75) is 18.5 Å². The number of aromatic nitrogens is 2. The summed E-state index contributed by atoms with van der Waals surface area (Å²) in [6.07, 6.45) is 2.10. The number of hydrogen-bond donors (Lipinski definition) is 2. The number of methoxy groups -OCH3 is 4. The normalized spacial score (nSPS) is 19.0. The van der Waals surface area contributed by atoms with E-state index in [9.17, 15) is 4.79 Å². The van der Waals surface area contributed by atoms with Gasteiger partial charge in [0.25, 0.3) is 0 Å². The van der Waals surface area contributed by atoms with E-state index < -0.39 is 6.04 Å². The number of esters is 1. The smallest absolute Gasteiger partial charge is 0.323 e. The van der Waals surface area contributed by atoms with E-state index in [2.05, 4.69) is 15.3 Å². The topological polar surface area (TPSA) is 94.7 Å². The monoisotopic (exact) mass is 347 g/mol. The molecule has 0 saturated heterocycles. The fraction of sp³-hybridized carbons (Fsp3) is 0.412. The molecule has 3 rings (SSSR count). The third-order valence-corrected chi connectivity index (χ3v) is 4.33. The molecule has 2 aromatic rings. The zero-order valence-electron chi connectivity index (χ0n) is 14.6. The third-order valence-electron chi connectivity index (χ3n) is 4.33. The first-order valence-electron chi connectivity index (χ1n) is 7.79. The molecule has 0 radical (unpaired) electrons. The van der Waals surface area contributed by atoms with Crippen LogP contribution in [0.2, 0.25) is 0 Å². The number of aromatic amines is 1. The van der Waals surface area contributed by atoms with E-state index in [0.29, 0.717) is 23.7 Å². The summed E-state index contributed by atoms with van der Waals surface area (Å²) in [6.45, 7) is 0. The van der Waals surface area contributed by atoms with Crippen molar-refractivity contribution < 1.29 is 23.7 Å². The van der Waals surface area contributed by atoms with Crippen LogP contribution in [0.5, 0.6) is 17.2 Å². The van der Waals surface area contributed by atoms with Gasteiger partial charge >= 0.3 is 5.97 Å². The highest BCUT2D eigenvalue weighted by Gasteiger charge is 2.36. The number of nitrogens with zero attached hydrogens (tertiary/aromatic N) is 1. The number of carbonyl (C=O) groups is 1. The van der Waals surface area contributed by atoms with Crippen molar-refractivity contribution in [3.63, 3.8) is 0 Å². The molecule has 8 heteroatoms. The molecule has 0 fully saturated rings. The second kappa shape index (κ2) is 7.02. The molecule has 2 N–H and O–H groups in total. The fourth-order valence-corrected chi connectivity index (χ4v) is 3.17. The Kier molecular flexibility index (Phi) is 4.80. The van der Waals surface area contributed by atoms with Crippen molar-refractivity contribution in [1.82, 2.24) is 15.3 Å². The fourth-order valence-electron chi connectivity index (χ4n) is 3.17. The first kappa shape index (κ1) is 17.1. The Morgan fingerprint density at radius 2 is 1.88 bits per heavy atom. The Bertz CT molecular complexity index is 774. The summed E-state index contributed by atoms with van der Waals surface area (Å²) in [6, 6.07) is 2.83. The number of imidazole rings is 1. The van der Waals surface area contributed by atoms with E-state index in [1.165, 1.54) is 7.11 Å². The van der Waals surface area contributed by atoms with Gasteiger partial charge < -0.3 is 23.9 Å². The Labute approximate surface area is 145 Å². The van der Waals surface area contributed by atoms with Crippen LogP contribution in [0.1, 0.15) is 23.0 Å². The molecule has 0 bridgehead atoms. The lowest BCUT2D eigenvalue weighted by Gasteiger charge is -2.30. The Morgan fingerprint density at radius 3 is 2.52 bits per heavy atom. The van der Waals surface area contributed by atoms with Gasteiger partial charge in [0.1, 0.15) is 6.04 Å². The van der Waals surface area contributed by atoms with E-state index in [4.69, 9.17) is 18.9 Å². The molecule has 8 nitrogen and oxygen atoms in total. The quantitative estimate of drug-likeness (QED) is 0.785. The van der Waals surface area contributed by atoms with Gasteiger partial charge in [0.05, 0.1) is 46.5 Å². The van der Waals surface area contributed by atoms with Crippen LogP contribution in [-0.4, -0.2) is 50.4 Å². The second-order valence-electron chi connectivity index (χ2n) is 5.57. The maximum absolute atomic E-state index is 12.1. The molecule has 2 unspecified atom stereocenters. The Balaban J connectivity index is 2.10. The highest BCUT2D eigenvalue weighted by atomic mass is 16.5. The summed E-state index contributed by atoms with van der Waals surface area (Å²) in [5.41, 5.74) is 2.49. The molecule has 0 amide bonds. The van der Waals surface area contributed by atoms with E-state index in [1.807, 2.05) is 6.07 Å². The Hall–Kier alpha value is -2.74. The van der Waals surface area contributed by atoms with E-state index >= 15 is 0 Å². The third kappa shape index (κ3) is 2.89. The minimum Gasteiger partial charge on any atom is -0.493 e. The van der Waals surface area contributed by atoms with Gasteiger partial charge in [-0.2, -0.15) is 0 Å². The molecule has 1 aromatic carbocycles. The number of carbonyl (C=O) groups excluding carboxylic acids is 1. The molecule has 2 heterocycles. The standard InChI is InChI=1S/C17H21N3O5/c1-22-12-6-5-9(15(23-2)16(12)24-3)13-14-10(18-8-19-14)7-11(20-13)17(21)25-4/h5-6,8,11,13,20H,7H2,1-4H3,(H,18,19). The summed E-state index contributed by atoms with van der Waals surface area (Å²) >= 11 is 0. The zero-order valence-corrected chi connectivity index (χ0v) is 14.6. The lowest BCUT2D eigenvalue weighted by molar-refractivity contribution is -0.143. The predicted octanol–water partition coefficient (Wildman–Crippen LogP) is 1.21. The van der Waals surface area contributed by atoms with Crippen molar-refractivity contribution in [3.05, 3.63) is 35.4 Å². The number of benzene rings is 1. The van der Waals surface area contributed by atoms with E-state index in [1.54, 1.807) is 33.7 Å². The number of nitrogens with one attached hydrogen (secondary N) is 2. The van der Waals surface area contributed by atoms with Gasteiger partial charge in [-0.1, -0.05) is 0 Å². The minimum absolute atomic E-state index is 0.329. The number of rotatable bonds is 5. The molecule has 2 atom stereocenters. The summed E-state index contributed by atoms with van der Waals surface area (Å²) in [4.78, 5) is 19.6. The molecule has 0 aliphatic carbocycles. The van der Waals surface area contributed by atoms with Crippen LogP contribution in [-0.2, 0) is 16.0 Å². The van der Waals surface area contributed by atoms with Crippen LogP contribution >= 0.6 is 0 Å². The van der Waals surface area contributed by atoms with Crippen molar-refractivity contribution >= 4 is 5.97 Å². The van der Waals surface area contributed by atoms with Crippen LogP contribution < -0.4 is 19.5 Å². The number of fused-ring (bicyclic) bond motifs is 1.